The van der Waals surface area contributed by atoms with Gasteiger partial charge in [0, 0.05) is 0 Å². The van der Waals surface area contributed by atoms with Crippen LogP contribution in [0.2, 0.25) is 0 Å². The lowest BCUT2D eigenvalue weighted by Gasteiger charge is -2.36. The van der Waals surface area contributed by atoms with Crippen LogP contribution in [0.25, 0.3) is 0 Å². The van der Waals surface area contributed by atoms with Crippen LogP contribution in [0.3, 0.4) is 0 Å². The molecule has 3 unspecified atom stereocenters. The van der Waals surface area contributed by atoms with Gasteiger partial charge in [-0.3, -0.25) is 4.55 Å². The van der Waals surface area contributed by atoms with Gasteiger partial charge in [0.05, 0.1) is 6.61 Å². The summed E-state index contributed by atoms with van der Waals surface area (Å²) in [6, 6.07) is 0. The first kappa shape index (κ1) is 16.4. The molecule has 0 aromatic heterocycles. The average Bonchev–Trinajstić information content (AvgIpc) is 2.32. The molecule has 1 fully saturated rings. The Hall–Kier alpha value is -1.02. The minimum atomic E-state index is -5.80. The molecule has 0 aliphatic heterocycles. The van der Waals surface area contributed by atoms with E-state index in [0.29, 0.717) is 18.3 Å². The van der Waals surface area contributed by atoms with E-state index in [0.717, 1.165) is 19.3 Å². The molecule has 1 saturated carbocycles. The molecule has 0 aromatic rings. The van der Waals surface area contributed by atoms with E-state index in [-0.39, 0.29) is 12.5 Å². The lowest BCUT2D eigenvalue weighted by Crippen LogP contribution is -2.40. The van der Waals surface area contributed by atoms with Crippen LogP contribution in [0, 0.1) is 17.8 Å². The van der Waals surface area contributed by atoms with E-state index in [1.54, 1.807) is 0 Å². The first-order valence-corrected chi connectivity index (χ1v) is 8.25. The van der Waals surface area contributed by atoms with Crippen molar-refractivity contribution in [2.45, 2.75) is 37.9 Å². The topological polar surface area (TPSA) is 80.7 Å². The second-order valence-corrected chi connectivity index (χ2v) is 7.47. The highest BCUT2D eigenvalue weighted by Gasteiger charge is 2.54. The van der Waals surface area contributed by atoms with E-state index in [1.165, 1.54) is 5.57 Å². The van der Waals surface area contributed by atoms with Gasteiger partial charge < -0.3 is 4.74 Å². The first-order chi connectivity index (χ1) is 9.59. The molecule has 5 nitrogen and oxygen atoms in total. The van der Waals surface area contributed by atoms with E-state index < -0.39 is 21.3 Å². The van der Waals surface area contributed by atoms with Crippen LogP contribution in [-0.2, 0) is 19.6 Å². The van der Waals surface area contributed by atoms with Gasteiger partial charge in [0.2, 0.25) is 0 Å². The van der Waals surface area contributed by atoms with Crippen LogP contribution in [0.15, 0.2) is 11.6 Å². The highest BCUT2D eigenvalue weighted by molar-refractivity contribution is 7.87. The monoisotopic (exact) mass is 324 g/mol. The lowest BCUT2D eigenvalue weighted by molar-refractivity contribution is -0.163. The minimum Gasteiger partial charge on any atom is -0.460 e. The molecule has 3 atom stereocenters. The van der Waals surface area contributed by atoms with Gasteiger partial charge in [-0.05, 0) is 43.4 Å². The highest BCUT2D eigenvalue weighted by Crippen LogP contribution is 2.41. The number of allylic oxidation sites excluding steroid dienone is 2. The molecule has 0 saturated heterocycles. The quantitative estimate of drug-likeness (QED) is 0.488. The summed E-state index contributed by atoms with van der Waals surface area (Å²) in [5, 5.41) is -4.91. The fourth-order valence-corrected chi connectivity index (χ4v) is 3.55. The van der Waals surface area contributed by atoms with Gasteiger partial charge >= 0.3 is 21.3 Å². The van der Waals surface area contributed by atoms with Gasteiger partial charge in [-0.15, -0.1) is 0 Å². The summed E-state index contributed by atoms with van der Waals surface area (Å²) < 4.78 is 59.7. The fraction of sp³-hybridized carbons (Fsp3) is 0.769. The van der Waals surface area contributed by atoms with Crippen molar-refractivity contribution in [3.05, 3.63) is 11.6 Å². The van der Waals surface area contributed by atoms with E-state index in [4.69, 9.17) is 4.55 Å². The zero-order valence-electron chi connectivity index (χ0n) is 11.6. The number of hydrogen-bond acceptors (Lipinski definition) is 4. The molecule has 0 aromatic carbocycles. The van der Waals surface area contributed by atoms with Gasteiger partial charge in [0.1, 0.15) is 0 Å². The maximum atomic E-state index is 13.0. The number of alkyl halides is 2. The summed E-state index contributed by atoms with van der Waals surface area (Å²) in [5.74, 6) is -1.34. The van der Waals surface area contributed by atoms with Crippen molar-refractivity contribution < 1.29 is 31.3 Å². The molecule has 2 bridgehead atoms. The second-order valence-electron chi connectivity index (χ2n) is 6.00. The van der Waals surface area contributed by atoms with E-state index >= 15 is 0 Å². The molecule has 0 radical (unpaired) electrons. The number of carbonyl (C=O) groups is 1. The number of halogens is 2. The normalized spacial score (nSPS) is 29.7. The van der Waals surface area contributed by atoms with Crippen LogP contribution < -0.4 is 0 Å². The molecule has 0 amide bonds. The Morgan fingerprint density at radius 1 is 1.43 bits per heavy atom. The Kier molecular flexibility index (Phi) is 4.39. The second kappa shape index (κ2) is 5.64. The Morgan fingerprint density at radius 3 is 2.67 bits per heavy atom. The van der Waals surface area contributed by atoms with Crippen LogP contribution in [0.1, 0.15) is 32.6 Å². The van der Waals surface area contributed by atoms with Crippen molar-refractivity contribution in [1.82, 2.24) is 0 Å². The average molecular weight is 324 g/mol. The van der Waals surface area contributed by atoms with Crippen LogP contribution >= 0.6 is 0 Å². The predicted molar refractivity (Wildman–Crippen MR) is 70.1 cm³/mol. The van der Waals surface area contributed by atoms with Gasteiger partial charge in [0.15, 0.2) is 0 Å². The zero-order chi connectivity index (χ0) is 15.8. The molecule has 2 aliphatic carbocycles. The van der Waals surface area contributed by atoms with Crippen LogP contribution in [0.4, 0.5) is 8.78 Å². The Balaban J connectivity index is 1.93. The summed E-state index contributed by atoms with van der Waals surface area (Å²) in [4.78, 5) is 11.1. The zero-order valence-corrected chi connectivity index (χ0v) is 12.4. The third kappa shape index (κ3) is 3.60. The molecule has 2 aliphatic rings. The molecular formula is C13H18F2O5S. The predicted octanol–water partition coefficient (Wildman–Crippen LogP) is 2.39. The standard InChI is InChI=1S/C13H18F2O5S/c1-8-2-9-4-10(3-8)6-11(5-9)7-20-12(16)13(14,15)21(17,18)19/h2,8,10-11H,3-7H2,1H3,(H,17,18,19). The summed E-state index contributed by atoms with van der Waals surface area (Å²) >= 11 is 0. The number of esters is 1. The van der Waals surface area contributed by atoms with E-state index in [9.17, 15) is 22.0 Å². The first-order valence-electron chi connectivity index (χ1n) is 6.81. The summed E-state index contributed by atoms with van der Waals surface area (Å²) in [6.45, 7) is 1.87. The summed E-state index contributed by atoms with van der Waals surface area (Å²) in [6.07, 6.45) is 5.63. The van der Waals surface area contributed by atoms with Gasteiger partial charge in [-0.25, -0.2) is 4.79 Å². The van der Waals surface area contributed by atoms with Crippen molar-refractivity contribution >= 4 is 16.1 Å². The Labute approximate surface area is 122 Å². The largest absolute Gasteiger partial charge is 0.465 e. The molecule has 1 N–H and O–H groups in total. The smallest absolute Gasteiger partial charge is 0.460 e. The van der Waals surface area contributed by atoms with Crippen molar-refractivity contribution in [2.75, 3.05) is 6.61 Å². The van der Waals surface area contributed by atoms with Crippen molar-refractivity contribution in [1.29, 1.82) is 0 Å². The van der Waals surface area contributed by atoms with Crippen molar-refractivity contribution in [2.24, 2.45) is 17.8 Å². The number of fused-ring (bicyclic) bond motifs is 2. The number of hydrogen-bond donors (Lipinski definition) is 1. The Morgan fingerprint density at radius 2 is 2.10 bits per heavy atom. The molecule has 0 heterocycles. The van der Waals surface area contributed by atoms with E-state index in [2.05, 4.69) is 17.7 Å². The maximum Gasteiger partial charge on any atom is 0.465 e. The van der Waals surface area contributed by atoms with Crippen LogP contribution in [-0.4, -0.2) is 30.8 Å². The lowest BCUT2D eigenvalue weighted by atomic mass is 9.71. The van der Waals surface area contributed by atoms with Gasteiger partial charge in [-0.2, -0.15) is 17.2 Å². The van der Waals surface area contributed by atoms with E-state index in [1.807, 2.05) is 0 Å². The molecule has 120 valence electrons. The summed E-state index contributed by atoms with van der Waals surface area (Å²) in [7, 11) is -5.80. The molecular weight excluding hydrogens is 306 g/mol. The fourth-order valence-electron chi connectivity index (χ4n) is 3.28. The third-order valence-corrected chi connectivity index (χ3v) is 4.82. The molecule has 8 heteroatoms. The van der Waals surface area contributed by atoms with Crippen LogP contribution in [0.5, 0.6) is 0 Å². The number of ether oxygens (including phenoxy) is 1. The highest BCUT2D eigenvalue weighted by atomic mass is 32.2. The minimum absolute atomic E-state index is 0.0800. The number of carbonyl (C=O) groups excluding carboxylic acids is 1. The van der Waals surface area contributed by atoms with Crippen molar-refractivity contribution in [3.8, 4) is 0 Å². The number of rotatable bonds is 4. The molecule has 21 heavy (non-hydrogen) atoms. The SMILES string of the molecule is CC1C=C2CC(COC(=O)C(F)(F)S(=O)(=O)O)CC(C2)C1. The Bertz CT molecular complexity index is 555. The maximum absolute atomic E-state index is 13.0. The van der Waals surface area contributed by atoms with Gasteiger partial charge in [-0.1, -0.05) is 18.6 Å². The third-order valence-electron chi connectivity index (χ3n) is 4.01. The summed E-state index contributed by atoms with van der Waals surface area (Å²) in [5.41, 5.74) is 1.24. The van der Waals surface area contributed by atoms with Gasteiger partial charge in [0.25, 0.3) is 0 Å². The molecule has 0 spiro atoms. The molecule has 2 rings (SSSR count). The van der Waals surface area contributed by atoms with Crippen molar-refractivity contribution in [3.63, 3.8) is 0 Å².